The minimum Gasteiger partial charge on any atom is -0.309 e. The van der Waals surface area contributed by atoms with Crippen LogP contribution in [0.3, 0.4) is 0 Å². The predicted molar refractivity (Wildman–Crippen MR) is 66.5 cm³/mol. The average Bonchev–Trinajstić information content (AvgIpc) is 2.27. The van der Waals surface area contributed by atoms with Crippen LogP contribution in [0.25, 0.3) is 0 Å². The van der Waals surface area contributed by atoms with Gasteiger partial charge in [0.1, 0.15) is 0 Å². The van der Waals surface area contributed by atoms with Crippen LogP contribution in [0.4, 0.5) is 0 Å². The molecule has 1 saturated heterocycles. The van der Waals surface area contributed by atoms with Crippen LogP contribution in [0.2, 0.25) is 0 Å². The van der Waals surface area contributed by atoms with E-state index < -0.39 is 0 Å². The van der Waals surface area contributed by atoms with E-state index in [0.717, 1.165) is 32.6 Å². The van der Waals surface area contributed by atoms with E-state index in [1.807, 2.05) is 12.4 Å². The van der Waals surface area contributed by atoms with Gasteiger partial charge < -0.3 is 5.32 Å². The lowest BCUT2D eigenvalue weighted by Gasteiger charge is -2.39. The fourth-order valence-electron chi connectivity index (χ4n) is 2.27. The van der Waals surface area contributed by atoms with Gasteiger partial charge >= 0.3 is 0 Å². The minimum atomic E-state index is 0.260. The summed E-state index contributed by atoms with van der Waals surface area (Å²) < 4.78 is 0. The van der Waals surface area contributed by atoms with Crippen molar-refractivity contribution in [3.63, 3.8) is 0 Å². The molecule has 1 aliphatic rings. The maximum absolute atomic E-state index is 4.04. The SMILES string of the molecule is CC1(C)CN(CCc2ccncc2)CCN1. The quantitative estimate of drug-likeness (QED) is 0.831. The van der Waals surface area contributed by atoms with E-state index in [4.69, 9.17) is 0 Å². The molecule has 1 N–H and O–H groups in total. The fraction of sp³-hybridized carbons (Fsp3) is 0.615. The number of nitrogens with one attached hydrogen (secondary N) is 1. The molecule has 0 amide bonds. The lowest BCUT2D eigenvalue weighted by molar-refractivity contribution is 0.156. The summed E-state index contributed by atoms with van der Waals surface area (Å²) in [6.07, 6.45) is 4.87. The largest absolute Gasteiger partial charge is 0.309 e. The van der Waals surface area contributed by atoms with Crippen molar-refractivity contribution >= 4 is 0 Å². The Morgan fingerprint density at radius 1 is 1.38 bits per heavy atom. The molecule has 16 heavy (non-hydrogen) atoms. The van der Waals surface area contributed by atoms with Gasteiger partial charge in [-0.05, 0) is 38.0 Å². The van der Waals surface area contributed by atoms with E-state index in [-0.39, 0.29) is 5.54 Å². The molecule has 2 heterocycles. The Morgan fingerprint density at radius 3 is 2.81 bits per heavy atom. The van der Waals surface area contributed by atoms with Crippen LogP contribution in [-0.4, -0.2) is 41.6 Å². The zero-order valence-corrected chi connectivity index (χ0v) is 10.2. The number of rotatable bonds is 3. The van der Waals surface area contributed by atoms with Crippen molar-refractivity contribution in [3.8, 4) is 0 Å². The first-order valence-corrected chi connectivity index (χ1v) is 6.02. The molecule has 2 rings (SSSR count). The molecular weight excluding hydrogens is 198 g/mol. The van der Waals surface area contributed by atoms with Gasteiger partial charge in [0.05, 0.1) is 0 Å². The van der Waals surface area contributed by atoms with E-state index in [1.165, 1.54) is 5.56 Å². The number of hydrogen-bond acceptors (Lipinski definition) is 3. The second-order valence-electron chi connectivity index (χ2n) is 5.19. The van der Waals surface area contributed by atoms with E-state index >= 15 is 0 Å². The van der Waals surface area contributed by atoms with E-state index in [0.29, 0.717) is 0 Å². The van der Waals surface area contributed by atoms with Gasteiger partial charge in [-0.2, -0.15) is 0 Å². The molecule has 1 fully saturated rings. The molecule has 0 unspecified atom stereocenters. The van der Waals surface area contributed by atoms with E-state index in [1.54, 1.807) is 0 Å². The molecule has 1 aliphatic heterocycles. The summed E-state index contributed by atoms with van der Waals surface area (Å²) in [5.74, 6) is 0. The standard InChI is InChI=1S/C13H21N3/c1-13(2)11-16(10-8-15-13)9-5-12-3-6-14-7-4-12/h3-4,6-7,15H,5,8-11H2,1-2H3. The van der Waals surface area contributed by atoms with Gasteiger partial charge in [-0.3, -0.25) is 9.88 Å². The normalized spacial score (nSPS) is 20.9. The van der Waals surface area contributed by atoms with Crippen molar-refractivity contribution in [1.29, 1.82) is 0 Å². The lowest BCUT2D eigenvalue weighted by atomic mass is 10.0. The Bertz CT molecular complexity index is 321. The summed E-state index contributed by atoms with van der Waals surface area (Å²) in [7, 11) is 0. The monoisotopic (exact) mass is 219 g/mol. The fourth-order valence-corrected chi connectivity index (χ4v) is 2.27. The number of hydrogen-bond donors (Lipinski definition) is 1. The first-order valence-electron chi connectivity index (χ1n) is 6.02. The van der Waals surface area contributed by atoms with Crippen LogP contribution in [-0.2, 0) is 6.42 Å². The molecule has 0 bridgehead atoms. The summed E-state index contributed by atoms with van der Waals surface area (Å²) in [4.78, 5) is 6.58. The topological polar surface area (TPSA) is 28.2 Å². The third-order valence-corrected chi connectivity index (χ3v) is 3.12. The van der Waals surface area contributed by atoms with Crippen molar-refractivity contribution < 1.29 is 0 Å². The Hall–Kier alpha value is -0.930. The minimum absolute atomic E-state index is 0.260. The highest BCUT2D eigenvalue weighted by Crippen LogP contribution is 2.10. The summed E-state index contributed by atoms with van der Waals surface area (Å²) in [6.45, 7) is 9.09. The first-order chi connectivity index (χ1) is 7.66. The third-order valence-electron chi connectivity index (χ3n) is 3.12. The molecule has 0 aromatic carbocycles. The Balaban J connectivity index is 1.82. The molecule has 3 heteroatoms. The van der Waals surface area contributed by atoms with Gasteiger partial charge in [0.25, 0.3) is 0 Å². The van der Waals surface area contributed by atoms with Crippen molar-refractivity contribution in [3.05, 3.63) is 30.1 Å². The molecule has 3 nitrogen and oxygen atoms in total. The number of nitrogens with zero attached hydrogens (tertiary/aromatic N) is 2. The zero-order valence-electron chi connectivity index (χ0n) is 10.2. The van der Waals surface area contributed by atoms with E-state index in [9.17, 15) is 0 Å². The highest BCUT2D eigenvalue weighted by atomic mass is 15.2. The summed E-state index contributed by atoms with van der Waals surface area (Å²) in [5, 5.41) is 3.53. The van der Waals surface area contributed by atoms with Crippen molar-refractivity contribution in [2.75, 3.05) is 26.2 Å². The van der Waals surface area contributed by atoms with Crippen LogP contribution < -0.4 is 5.32 Å². The Labute approximate surface area is 97.9 Å². The van der Waals surface area contributed by atoms with Crippen molar-refractivity contribution in [1.82, 2.24) is 15.2 Å². The molecule has 0 spiro atoms. The molecule has 88 valence electrons. The Morgan fingerprint density at radius 2 is 2.12 bits per heavy atom. The third kappa shape index (κ3) is 3.29. The van der Waals surface area contributed by atoms with Crippen LogP contribution in [0.15, 0.2) is 24.5 Å². The summed E-state index contributed by atoms with van der Waals surface area (Å²) in [6, 6.07) is 4.21. The second kappa shape index (κ2) is 4.93. The Kier molecular flexibility index (Phi) is 3.56. The summed E-state index contributed by atoms with van der Waals surface area (Å²) in [5.41, 5.74) is 1.64. The van der Waals surface area contributed by atoms with Gasteiger partial charge in [0.15, 0.2) is 0 Å². The molecule has 0 saturated carbocycles. The van der Waals surface area contributed by atoms with Crippen LogP contribution in [0, 0.1) is 0 Å². The maximum Gasteiger partial charge on any atom is 0.0270 e. The molecule has 0 atom stereocenters. The summed E-state index contributed by atoms with van der Waals surface area (Å²) >= 11 is 0. The smallest absolute Gasteiger partial charge is 0.0270 e. The molecule has 0 radical (unpaired) electrons. The van der Waals surface area contributed by atoms with Gasteiger partial charge in [-0.15, -0.1) is 0 Å². The highest BCUT2D eigenvalue weighted by molar-refractivity contribution is 5.10. The van der Waals surface area contributed by atoms with Gasteiger partial charge in [-0.25, -0.2) is 0 Å². The molecular formula is C13H21N3. The van der Waals surface area contributed by atoms with Crippen LogP contribution >= 0.6 is 0 Å². The van der Waals surface area contributed by atoms with Gasteiger partial charge in [0.2, 0.25) is 0 Å². The molecule has 1 aromatic rings. The van der Waals surface area contributed by atoms with Crippen molar-refractivity contribution in [2.24, 2.45) is 0 Å². The number of aromatic nitrogens is 1. The van der Waals surface area contributed by atoms with E-state index in [2.05, 4.69) is 41.2 Å². The van der Waals surface area contributed by atoms with Gasteiger partial charge in [0, 0.05) is 44.1 Å². The van der Waals surface area contributed by atoms with Crippen molar-refractivity contribution in [2.45, 2.75) is 25.8 Å². The maximum atomic E-state index is 4.04. The van der Waals surface area contributed by atoms with Gasteiger partial charge in [-0.1, -0.05) is 0 Å². The predicted octanol–water partition coefficient (Wildman–Crippen LogP) is 1.31. The highest BCUT2D eigenvalue weighted by Gasteiger charge is 2.24. The number of pyridine rings is 1. The second-order valence-corrected chi connectivity index (χ2v) is 5.19. The first kappa shape index (κ1) is 11.6. The average molecular weight is 219 g/mol. The molecule has 1 aromatic heterocycles. The number of piperazine rings is 1. The van der Waals surface area contributed by atoms with Crippen LogP contribution in [0.5, 0.6) is 0 Å². The lowest BCUT2D eigenvalue weighted by Crippen LogP contribution is -2.57. The zero-order chi connectivity index (χ0) is 11.4. The molecule has 0 aliphatic carbocycles. The van der Waals surface area contributed by atoms with Crippen LogP contribution in [0.1, 0.15) is 19.4 Å².